The lowest BCUT2D eigenvalue weighted by Crippen LogP contribution is -2.30. The van der Waals surface area contributed by atoms with Crippen molar-refractivity contribution in [2.45, 2.75) is 26.6 Å². The van der Waals surface area contributed by atoms with Crippen molar-refractivity contribution in [2.75, 3.05) is 11.9 Å². The number of hydrogen-bond acceptors (Lipinski definition) is 3. The van der Waals surface area contributed by atoms with Gasteiger partial charge in [-0.2, -0.15) is 13.2 Å². The van der Waals surface area contributed by atoms with Gasteiger partial charge in [-0.15, -0.1) is 0 Å². The van der Waals surface area contributed by atoms with Gasteiger partial charge in [-0.1, -0.05) is 24.3 Å². The third kappa shape index (κ3) is 4.19. The van der Waals surface area contributed by atoms with Gasteiger partial charge in [-0.3, -0.25) is 14.4 Å². The molecule has 0 unspecified atom stereocenters. The number of anilines is 1. The zero-order valence-electron chi connectivity index (χ0n) is 18.7. The van der Waals surface area contributed by atoms with Gasteiger partial charge in [0.25, 0.3) is 17.7 Å². The molecule has 0 atom stereocenters. The molecule has 0 spiro atoms. The molecule has 34 heavy (non-hydrogen) atoms. The Morgan fingerprint density at radius 3 is 2.18 bits per heavy atom. The average molecular weight is 466 g/mol. The van der Waals surface area contributed by atoms with Crippen molar-refractivity contribution in [3.63, 3.8) is 0 Å². The predicted molar refractivity (Wildman–Crippen MR) is 121 cm³/mol. The van der Waals surface area contributed by atoms with Crippen LogP contribution in [0.15, 0.2) is 60.7 Å². The molecule has 1 heterocycles. The maximum Gasteiger partial charge on any atom is 0.416 e. The highest BCUT2D eigenvalue weighted by Gasteiger charge is 2.38. The van der Waals surface area contributed by atoms with Crippen molar-refractivity contribution >= 4 is 23.4 Å². The minimum Gasteiger partial charge on any atom is -0.337 e. The summed E-state index contributed by atoms with van der Waals surface area (Å²) < 4.78 is 38.3. The van der Waals surface area contributed by atoms with Crippen molar-refractivity contribution in [2.24, 2.45) is 0 Å². The first-order valence-corrected chi connectivity index (χ1v) is 10.5. The number of aryl methyl sites for hydroxylation is 2. The van der Waals surface area contributed by atoms with E-state index in [4.69, 9.17) is 0 Å². The fourth-order valence-electron chi connectivity index (χ4n) is 3.92. The quantitative estimate of drug-likeness (QED) is 0.484. The Balaban J connectivity index is 1.56. The second kappa shape index (κ2) is 8.44. The van der Waals surface area contributed by atoms with Gasteiger partial charge in [0.2, 0.25) is 0 Å². The molecule has 0 aromatic heterocycles. The normalized spacial score (nSPS) is 13.3. The molecular formula is C26H21F3N2O3. The lowest BCUT2D eigenvalue weighted by Gasteiger charge is -2.18. The van der Waals surface area contributed by atoms with E-state index in [1.807, 2.05) is 26.0 Å². The summed E-state index contributed by atoms with van der Waals surface area (Å²) in [6.07, 6.45) is -4.43. The van der Waals surface area contributed by atoms with E-state index in [1.165, 1.54) is 42.3 Å². The topological polar surface area (TPSA) is 57.7 Å². The predicted octanol–water partition coefficient (Wildman–Crippen LogP) is 5.40. The lowest BCUT2D eigenvalue weighted by atomic mass is 10.0. The molecule has 3 aromatic carbocycles. The largest absolute Gasteiger partial charge is 0.416 e. The van der Waals surface area contributed by atoms with Crippen molar-refractivity contribution in [1.29, 1.82) is 0 Å². The Kier molecular flexibility index (Phi) is 5.77. The smallest absolute Gasteiger partial charge is 0.337 e. The van der Waals surface area contributed by atoms with Crippen molar-refractivity contribution < 1.29 is 27.6 Å². The molecule has 5 nitrogen and oxygen atoms in total. The van der Waals surface area contributed by atoms with Crippen LogP contribution in [0.25, 0.3) is 0 Å². The molecular weight excluding hydrogens is 445 g/mol. The number of carbonyl (C=O) groups is 3. The SMILES string of the molecule is Cc1ccc(C)c(N2C(=O)c3ccc(C(=O)N(C)Cc4ccc(C(F)(F)F)cc4)cc3C2=O)c1. The maximum absolute atomic E-state index is 13.1. The third-order valence-electron chi connectivity index (χ3n) is 5.79. The van der Waals surface area contributed by atoms with Gasteiger partial charge < -0.3 is 4.90 Å². The Bertz CT molecular complexity index is 1310. The van der Waals surface area contributed by atoms with Crippen LogP contribution in [0.2, 0.25) is 0 Å². The average Bonchev–Trinajstić information content (AvgIpc) is 3.04. The highest BCUT2D eigenvalue weighted by molar-refractivity contribution is 6.35. The number of benzene rings is 3. The summed E-state index contributed by atoms with van der Waals surface area (Å²) in [5, 5.41) is 0. The summed E-state index contributed by atoms with van der Waals surface area (Å²) in [6, 6.07) is 14.4. The lowest BCUT2D eigenvalue weighted by molar-refractivity contribution is -0.137. The zero-order chi connectivity index (χ0) is 24.8. The van der Waals surface area contributed by atoms with E-state index in [0.717, 1.165) is 28.2 Å². The van der Waals surface area contributed by atoms with Crippen LogP contribution in [-0.4, -0.2) is 29.7 Å². The van der Waals surface area contributed by atoms with Crippen LogP contribution in [0, 0.1) is 13.8 Å². The van der Waals surface area contributed by atoms with Gasteiger partial charge in [0.05, 0.1) is 22.4 Å². The van der Waals surface area contributed by atoms with Gasteiger partial charge in [0, 0.05) is 19.2 Å². The van der Waals surface area contributed by atoms with Crippen LogP contribution in [0.4, 0.5) is 18.9 Å². The molecule has 0 N–H and O–H groups in total. The Labute approximate surface area is 194 Å². The van der Waals surface area contributed by atoms with Crippen LogP contribution in [0.3, 0.4) is 0 Å². The molecule has 1 aliphatic rings. The van der Waals surface area contributed by atoms with Gasteiger partial charge in [-0.05, 0) is 66.9 Å². The van der Waals surface area contributed by atoms with E-state index in [-0.39, 0.29) is 23.2 Å². The number of imide groups is 1. The standard InChI is InChI=1S/C26H21F3N2O3/c1-15-4-5-16(2)22(12-15)31-24(33)20-11-8-18(13-21(20)25(31)34)23(32)30(3)14-17-6-9-19(10-7-17)26(27,28)29/h4-13H,14H2,1-3H3. The fraction of sp³-hybridized carbons (Fsp3) is 0.192. The van der Waals surface area contributed by atoms with E-state index >= 15 is 0 Å². The van der Waals surface area contributed by atoms with E-state index < -0.39 is 29.5 Å². The van der Waals surface area contributed by atoms with E-state index in [9.17, 15) is 27.6 Å². The molecule has 3 aromatic rings. The number of halogens is 3. The van der Waals surface area contributed by atoms with Crippen molar-refractivity contribution in [3.8, 4) is 0 Å². The molecule has 0 fully saturated rings. The first-order valence-electron chi connectivity index (χ1n) is 10.5. The second-order valence-electron chi connectivity index (χ2n) is 8.35. The molecule has 0 bridgehead atoms. The van der Waals surface area contributed by atoms with Crippen LogP contribution in [-0.2, 0) is 12.7 Å². The number of rotatable bonds is 4. The molecule has 174 valence electrons. The molecule has 0 saturated carbocycles. The van der Waals surface area contributed by atoms with Crippen LogP contribution < -0.4 is 4.90 Å². The molecule has 0 radical (unpaired) electrons. The summed E-state index contributed by atoms with van der Waals surface area (Å²) in [6.45, 7) is 3.75. The molecule has 1 aliphatic heterocycles. The van der Waals surface area contributed by atoms with Crippen LogP contribution >= 0.6 is 0 Å². The van der Waals surface area contributed by atoms with Crippen molar-refractivity contribution in [3.05, 3.63) is 99.6 Å². The first kappa shape index (κ1) is 23.2. The minimum absolute atomic E-state index is 0.0789. The first-order chi connectivity index (χ1) is 16.0. The number of alkyl halides is 3. The summed E-state index contributed by atoms with van der Waals surface area (Å²) in [7, 11) is 1.52. The fourth-order valence-corrected chi connectivity index (χ4v) is 3.92. The Morgan fingerprint density at radius 1 is 0.882 bits per heavy atom. The molecule has 4 rings (SSSR count). The van der Waals surface area contributed by atoms with Crippen molar-refractivity contribution in [1.82, 2.24) is 4.90 Å². The number of amides is 3. The summed E-state index contributed by atoms with van der Waals surface area (Å²) in [5.41, 5.74) is 2.49. The molecule has 0 aliphatic carbocycles. The van der Waals surface area contributed by atoms with Gasteiger partial charge in [0.1, 0.15) is 0 Å². The zero-order valence-corrected chi connectivity index (χ0v) is 18.7. The second-order valence-corrected chi connectivity index (χ2v) is 8.35. The van der Waals surface area contributed by atoms with Crippen LogP contribution in [0.1, 0.15) is 53.3 Å². The summed E-state index contributed by atoms with van der Waals surface area (Å²) >= 11 is 0. The number of fused-ring (bicyclic) bond motifs is 1. The van der Waals surface area contributed by atoms with Crippen LogP contribution in [0.5, 0.6) is 0 Å². The number of nitrogens with zero attached hydrogens (tertiary/aromatic N) is 2. The van der Waals surface area contributed by atoms with Gasteiger partial charge in [-0.25, -0.2) is 4.90 Å². The molecule has 3 amide bonds. The number of carbonyl (C=O) groups excluding carboxylic acids is 3. The minimum atomic E-state index is -4.43. The highest BCUT2D eigenvalue weighted by Crippen LogP contribution is 2.32. The number of hydrogen-bond donors (Lipinski definition) is 0. The third-order valence-corrected chi connectivity index (χ3v) is 5.79. The molecule has 0 saturated heterocycles. The molecule has 8 heteroatoms. The van der Waals surface area contributed by atoms with E-state index in [2.05, 4.69) is 0 Å². The Morgan fingerprint density at radius 2 is 1.53 bits per heavy atom. The van der Waals surface area contributed by atoms with Gasteiger partial charge >= 0.3 is 6.18 Å². The summed E-state index contributed by atoms with van der Waals surface area (Å²) in [5.74, 6) is -1.38. The highest BCUT2D eigenvalue weighted by atomic mass is 19.4. The van der Waals surface area contributed by atoms with E-state index in [1.54, 1.807) is 6.07 Å². The maximum atomic E-state index is 13.1. The monoisotopic (exact) mass is 466 g/mol. The van der Waals surface area contributed by atoms with E-state index in [0.29, 0.717) is 11.3 Å². The van der Waals surface area contributed by atoms with Gasteiger partial charge in [0.15, 0.2) is 0 Å². The summed E-state index contributed by atoms with van der Waals surface area (Å²) in [4.78, 5) is 41.5. The Hall–Kier alpha value is -3.94.